The van der Waals surface area contributed by atoms with Gasteiger partial charge in [-0.3, -0.25) is 9.59 Å². The van der Waals surface area contributed by atoms with Crippen LogP contribution in [0.4, 0.5) is 4.79 Å². The highest BCUT2D eigenvalue weighted by molar-refractivity contribution is 5.81. The van der Waals surface area contributed by atoms with E-state index in [4.69, 9.17) is 14.2 Å². The summed E-state index contributed by atoms with van der Waals surface area (Å²) in [4.78, 5) is 36.7. The second-order valence-electron chi connectivity index (χ2n) is 9.25. The van der Waals surface area contributed by atoms with Crippen molar-refractivity contribution in [2.75, 3.05) is 7.11 Å². The fourth-order valence-corrected chi connectivity index (χ4v) is 2.63. The highest BCUT2D eigenvalue weighted by atomic mass is 16.6. The number of hydrogen-bond donors (Lipinski definition) is 1. The van der Waals surface area contributed by atoms with Gasteiger partial charge in [-0.1, -0.05) is 42.5 Å². The van der Waals surface area contributed by atoms with Gasteiger partial charge in [0.05, 0.1) is 25.5 Å². The second kappa shape index (κ2) is 11.5. The molecule has 0 heterocycles. The Balaban J connectivity index is 3.07. The SMILES string of the molecule is COC(=O)C[C@@H](C=C[C@H](Cc1ccccc1)NC(=O)OC(C)(C)C)C(=O)OC(C)(C)C. The average molecular weight is 434 g/mol. The van der Waals surface area contributed by atoms with E-state index in [2.05, 4.69) is 5.32 Å². The molecule has 172 valence electrons. The first-order chi connectivity index (χ1) is 14.3. The maximum atomic E-state index is 12.6. The molecule has 0 bridgehead atoms. The average Bonchev–Trinajstić information content (AvgIpc) is 2.62. The van der Waals surface area contributed by atoms with Crippen LogP contribution < -0.4 is 5.32 Å². The molecule has 1 amide bonds. The number of carbonyl (C=O) groups excluding carboxylic acids is 3. The largest absolute Gasteiger partial charge is 0.469 e. The Morgan fingerprint density at radius 3 is 2.03 bits per heavy atom. The van der Waals surface area contributed by atoms with Crippen molar-refractivity contribution in [3.8, 4) is 0 Å². The minimum Gasteiger partial charge on any atom is -0.469 e. The molecule has 2 atom stereocenters. The van der Waals surface area contributed by atoms with E-state index in [0.717, 1.165) is 5.56 Å². The molecule has 7 heteroatoms. The van der Waals surface area contributed by atoms with Crippen LogP contribution in [0.25, 0.3) is 0 Å². The molecule has 0 aliphatic heterocycles. The van der Waals surface area contributed by atoms with Crippen LogP contribution in [0.2, 0.25) is 0 Å². The number of amides is 1. The summed E-state index contributed by atoms with van der Waals surface area (Å²) >= 11 is 0. The molecular weight excluding hydrogens is 398 g/mol. The normalized spacial score (nSPS) is 13.9. The molecule has 0 unspecified atom stereocenters. The van der Waals surface area contributed by atoms with Gasteiger partial charge in [0.2, 0.25) is 0 Å². The molecule has 0 radical (unpaired) electrons. The molecule has 1 N–H and O–H groups in total. The molecular formula is C24H35NO6. The van der Waals surface area contributed by atoms with E-state index in [-0.39, 0.29) is 6.42 Å². The summed E-state index contributed by atoms with van der Waals surface area (Å²) in [6, 6.07) is 9.15. The summed E-state index contributed by atoms with van der Waals surface area (Å²) in [5.41, 5.74) is -0.345. The zero-order chi connectivity index (χ0) is 23.7. The maximum absolute atomic E-state index is 12.6. The standard InChI is InChI=1S/C24H35NO6/c1-23(2,3)30-21(27)18(16-20(26)29-7)13-14-19(15-17-11-9-8-10-12-17)25-22(28)31-24(4,5)6/h8-14,18-19H,15-16H2,1-7H3,(H,25,28)/t18-,19-/m1/s1. The van der Waals surface area contributed by atoms with Gasteiger partial charge in [-0.05, 0) is 53.5 Å². The Labute approximate surface area is 185 Å². The lowest BCUT2D eigenvalue weighted by atomic mass is 10.0. The number of alkyl carbamates (subject to hydrolysis) is 1. The van der Waals surface area contributed by atoms with E-state index in [1.165, 1.54) is 7.11 Å². The minimum absolute atomic E-state index is 0.160. The monoisotopic (exact) mass is 433 g/mol. The van der Waals surface area contributed by atoms with Crippen LogP contribution in [0.5, 0.6) is 0 Å². The summed E-state index contributed by atoms with van der Waals surface area (Å²) in [5, 5.41) is 2.82. The van der Waals surface area contributed by atoms with Gasteiger partial charge in [-0.15, -0.1) is 0 Å². The molecule has 0 saturated carbocycles. The van der Waals surface area contributed by atoms with Crippen LogP contribution in [-0.2, 0) is 30.2 Å². The van der Waals surface area contributed by atoms with Crippen molar-refractivity contribution in [3.63, 3.8) is 0 Å². The van der Waals surface area contributed by atoms with E-state index in [1.807, 2.05) is 30.3 Å². The van der Waals surface area contributed by atoms with E-state index >= 15 is 0 Å². The predicted molar refractivity (Wildman–Crippen MR) is 118 cm³/mol. The third kappa shape index (κ3) is 11.8. The summed E-state index contributed by atoms with van der Waals surface area (Å²) in [6.45, 7) is 10.6. The van der Waals surface area contributed by atoms with Crippen molar-refractivity contribution >= 4 is 18.0 Å². The number of ether oxygens (including phenoxy) is 3. The quantitative estimate of drug-likeness (QED) is 0.375. The zero-order valence-corrected chi connectivity index (χ0v) is 19.6. The van der Waals surface area contributed by atoms with Crippen molar-refractivity contribution in [1.82, 2.24) is 5.32 Å². The number of nitrogens with one attached hydrogen (secondary N) is 1. The highest BCUT2D eigenvalue weighted by Crippen LogP contribution is 2.17. The fourth-order valence-electron chi connectivity index (χ4n) is 2.63. The smallest absolute Gasteiger partial charge is 0.408 e. The molecule has 31 heavy (non-hydrogen) atoms. The molecule has 0 aliphatic carbocycles. The summed E-state index contributed by atoms with van der Waals surface area (Å²) in [6.07, 6.45) is 3.02. The Morgan fingerprint density at radius 2 is 1.52 bits per heavy atom. The number of esters is 2. The lowest BCUT2D eigenvalue weighted by Gasteiger charge is -2.24. The molecule has 1 rings (SSSR count). The predicted octanol–water partition coefficient (Wildman–Crippen LogP) is 4.20. The third-order valence-corrected chi connectivity index (χ3v) is 3.90. The Kier molecular flexibility index (Phi) is 9.75. The van der Waals surface area contributed by atoms with Crippen LogP contribution >= 0.6 is 0 Å². The second-order valence-corrected chi connectivity index (χ2v) is 9.25. The van der Waals surface area contributed by atoms with Gasteiger partial charge in [0.15, 0.2) is 0 Å². The number of methoxy groups -OCH3 is 1. The first-order valence-electron chi connectivity index (χ1n) is 10.3. The first kappa shape index (κ1) is 26.2. The molecule has 0 aromatic heterocycles. The van der Waals surface area contributed by atoms with E-state index in [0.29, 0.717) is 6.42 Å². The Hall–Kier alpha value is -2.83. The summed E-state index contributed by atoms with van der Waals surface area (Å²) in [5.74, 6) is -1.91. The molecule has 1 aromatic rings. The number of hydrogen-bond acceptors (Lipinski definition) is 6. The Bertz CT molecular complexity index is 759. The topological polar surface area (TPSA) is 90.9 Å². The van der Waals surface area contributed by atoms with Gasteiger partial charge >= 0.3 is 18.0 Å². The summed E-state index contributed by atoms with van der Waals surface area (Å²) < 4.78 is 15.5. The van der Waals surface area contributed by atoms with Crippen molar-refractivity contribution in [2.45, 2.75) is 71.6 Å². The Morgan fingerprint density at radius 1 is 0.935 bits per heavy atom. The molecule has 7 nitrogen and oxygen atoms in total. The first-order valence-corrected chi connectivity index (χ1v) is 10.3. The molecule has 0 spiro atoms. The number of benzene rings is 1. The van der Waals surface area contributed by atoms with E-state index in [9.17, 15) is 14.4 Å². The van der Waals surface area contributed by atoms with Gasteiger partial charge < -0.3 is 19.5 Å². The van der Waals surface area contributed by atoms with Crippen LogP contribution in [0.3, 0.4) is 0 Å². The van der Waals surface area contributed by atoms with Crippen LogP contribution in [-0.4, -0.2) is 42.4 Å². The van der Waals surface area contributed by atoms with Crippen molar-refractivity contribution < 1.29 is 28.6 Å². The zero-order valence-electron chi connectivity index (χ0n) is 19.6. The van der Waals surface area contributed by atoms with Crippen molar-refractivity contribution in [1.29, 1.82) is 0 Å². The molecule has 0 saturated heterocycles. The van der Waals surface area contributed by atoms with Gasteiger partial charge in [0.25, 0.3) is 0 Å². The lowest BCUT2D eigenvalue weighted by molar-refractivity contribution is -0.161. The van der Waals surface area contributed by atoms with Crippen LogP contribution in [0.15, 0.2) is 42.5 Å². The van der Waals surface area contributed by atoms with Gasteiger partial charge in [0, 0.05) is 0 Å². The van der Waals surface area contributed by atoms with Gasteiger partial charge in [-0.25, -0.2) is 4.79 Å². The van der Waals surface area contributed by atoms with E-state index in [1.54, 1.807) is 53.7 Å². The van der Waals surface area contributed by atoms with Crippen molar-refractivity contribution in [3.05, 3.63) is 48.0 Å². The van der Waals surface area contributed by atoms with Crippen LogP contribution in [0.1, 0.15) is 53.5 Å². The molecule has 1 aromatic carbocycles. The third-order valence-electron chi connectivity index (χ3n) is 3.90. The molecule has 0 aliphatic rings. The van der Waals surface area contributed by atoms with Gasteiger partial charge in [0.1, 0.15) is 11.2 Å². The highest BCUT2D eigenvalue weighted by Gasteiger charge is 2.26. The lowest BCUT2D eigenvalue weighted by Crippen LogP contribution is -2.39. The van der Waals surface area contributed by atoms with E-state index < -0.39 is 41.2 Å². The van der Waals surface area contributed by atoms with Crippen molar-refractivity contribution in [2.24, 2.45) is 5.92 Å². The minimum atomic E-state index is -0.842. The summed E-state index contributed by atoms with van der Waals surface area (Å²) in [7, 11) is 1.26. The van der Waals surface area contributed by atoms with Gasteiger partial charge in [-0.2, -0.15) is 0 Å². The maximum Gasteiger partial charge on any atom is 0.408 e. The number of carbonyl (C=O) groups is 3. The van der Waals surface area contributed by atoms with Crippen LogP contribution in [0, 0.1) is 5.92 Å². The fraction of sp³-hybridized carbons (Fsp3) is 0.542. The number of rotatable bonds is 8. The molecule has 0 fully saturated rings.